The van der Waals surface area contributed by atoms with Crippen molar-refractivity contribution in [2.75, 3.05) is 0 Å². The summed E-state index contributed by atoms with van der Waals surface area (Å²) in [7, 11) is 0. The van der Waals surface area contributed by atoms with Crippen molar-refractivity contribution in [1.82, 2.24) is 4.98 Å². The van der Waals surface area contributed by atoms with Gasteiger partial charge in [0, 0.05) is 27.2 Å². The highest BCUT2D eigenvalue weighted by Crippen LogP contribution is 2.25. The maximum Gasteiger partial charge on any atom is 0.308 e. The minimum Gasteiger partial charge on any atom is -0.459 e. The fraction of sp³-hybridized carbons (Fsp3) is 0.438. The number of carbonyl (C=O) groups is 4. The molecular weight excluding hydrogens is 318 g/mol. The van der Waals surface area contributed by atoms with Gasteiger partial charge in [0.1, 0.15) is 18.1 Å². The molecule has 0 spiro atoms. The molecule has 8 heteroatoms. The van der Waals surface area contributed by atoms with Crippen molar-refractivity contribution in [3.05, 3.63) is 23.5 Å². The summed E-state index contributed by atoms with van der Waals surface area (Å²) in [6.45, 7) is 4.82. The van der Waals surface area contributed by atoms with Gasteiger partial charge in [-0.1, -0.05) is 0 Å². The molecule has 1 unspecified atom stereocenters. The second kappa shape index (κ2) is 8.76. The van der Waals surface area contributed by atoms with Crippen molar-refractivity contribution in [1.29, 1.82) is 0 Å². The number of ether oxygens (including phenoxy) is 3. The van der Waals surface area contributed by atoms with E-state index in [0.717, 1.165) is 0 Å². The zero-order chi connectivity index (χ0) is 18.3. The Balaban J connectivity index is 3.18. The first-order chi connectivity index (χ1) is 11.2. The van der Waals surface area contributed by atoms with Crippen LogP contribution in [0.4, 0.5) is 0 Å². The Kier molecular flexibility index (Phi) is 7.03. The van der Waals surface area contributed by atoms with E-state index in [2.05, 4.69) is 4.98 Å². The van der Waals surface area contributed by atoms with E-state index < -0.39 is 24.0 Å². The lowest BCUT2D eigenvalue weighted by molar-refractivity contribution is -0.148. The van der Waals surface area contributed by atoms with Crippen LogP contribution < -0.4 is 4.74 Å². The number of esters is 3. The lowest BCUT2D eigenvalue weighted by atomic mass is 10.1. The number of aromatic nitrogens is 1. The van der Waals surface area contributed by atoms with Crippen LogP contribution in [0.25, 0.3) is 0 Å². The molecule has 24 heavy (non-hydrogen) atoms. The number of rotatable bonds is 7. The molecule has 1 aromatic rings. The normalized spacial score (nSPS) is 11.3. The molecule has 0 radical (unpaired) electrons. The Bertz CT molecular complexity index is 638. The molecule has 1 atom stereocenters. The number of Topliss-reactive ketones (excluding diaryl/α,β-unsaturated/α-hetero) is 1. The van der Waals surface area contributed by atoms with Crippen molar-refractivity contribution in [3.63, 3.8) is 0 Å². The van der Waals surface area contributed by atoms with Gasteiger partial charge >= 0.3 is 17.9 Å². The molecule has 0 aromatic carbocycles. The molecule has 0 aliphatic rings. The molecule has 0 saturated carbocycles. The molecule has 0 bridgehead atoms. The Morgan fingerprint density at radius 3 is 2.17 bits per heavy atom. The first-order valence-corrected chi connectivity index (χ1v) is 7.17. The van der Waals surface area contributed by atoms with Gasteiger partial charge in [0.15, 0.2) is 11.9 Å². The van der Waals surface area contributed by atoms with Gasteiger partial charge in [0.05, 0.1) is 5.69 Å². The third-order valence-corrected chi connectivity index (χ3v) is 2.73. The van der Waals surface area contributed by atoms with Crippen molar-refractivity contribution >= 4 is 23.7 Å². The highest BCUT2D eigenvalue weighted by Gasteiger charge is 2.21. The van der Waals surface area contributed by atoms with Gasteiger partial charge in [-0.05, 0) is 19.1 Å². The first-order valence-electron chi connectivity index (χ1n) is 7.17. The molecule has 1 aromatic heterocycles. The number of pyridine rings is 1. The summed E-state index contributed by atoms with van der Waals surface area (Å²) in [4.78, 5) is 48.9. The fourth-order valence-corrected chi connectivity index (χ4v) is 1.87. The summed E-state index contributed by atoms with van der Waals surface area (Å²) in [5, 5.41) is 0. The summed E-state index contributed by atoms with van der Waals surface area (Å²) in [5.41, 5.74) is 0.469. The summed E-state index contributed by atoms with van der Waals surface area (Å²) in [6, 6.07) is 2.92. The van der Waals surface area contributed by atoms with Gasteiger partial charge in [-0.3, -0.25) is 19.2 Å². The Morgan fingerprint density at radius 1 is 1.00 bits per heavy atom. The second-order valence-corrected chi connectivity index (χ2v) is 5.06. The predicted molar refractivity (Wildman–Crippen MR) is 80.8 cm³/mol. The molecule has 0 saturated heterocycles. The molecular formula is C16H19NO7. The highest BCUT2D eigenvalue weighted by molar-refractivity contribution is 5.77. The van der Waals surface area contributed by atoms with E-state index in [1.54, 1.807) is 0 Å². The topological polar surface area (TPSA) is 109 Å². The van der Waals surface area contributed by atoms with Crippen LogP contribution in [0.5, 0.6) is 5.75 Å². The standard InChI is InChI=1S/C16H19NO7/c1-9(18)7-16(24-12(4)21)13-5-6-15(23-11(3)20)14(17-13)8-22-10(2)19/h5-6,16H,7-8H2,1-4H3. The van der Waals surface area contributed by atoms with Crippen molar-refractivity contribution in [2.24, 2.45) is 0 Å². The van der Waals surface area contributed by atoms with Gasteiger partial charge in [0.2, 0.25) is 0 Å². The molecule has 130 valence electrons. The zero-order valence-corrected chi connectivity index (χ0v) is 14.0. The van der Waals surface area contributed by atoms with E-state index in [0.29, 0.717) is 5.69 Å². The average molecular weight is 337 g/mol. The van der Waals surface area contributed by atoms with Crippen molar-refractivity contribution < 1.29 is 33.4 Å². The summed E-state index contributed by atoms with van der Waals surface area (Å²) in [6.07, 6.45) is -0.922. The SMILES string of the molecule is CC(=O)CC(OC(C)=O)c1ccc(OC(C)=O)c(COC(C)=O)n1. The fourth-order valence-electron chi connectivity index (χ4n) is 1.87. The van der Waals surface area contributed by atoms with Gasteiger partial charge in [-0.25, -0.2) is 4.98 Å². The van der Waals surface area contributed by atoms with Gasteiger partial charge in [0.25, 0.3) is 0 Å². The highest BCUT2D eigenvalue weighted by atomic mass is 16.6. The molecule has 0 amide bonds. The van der Waals surface area contributed by atoms with E-state index in [9.17, 15) is 19.2 Å². The minimum absolute atomic E-state index is 0.0491. The van der Waals surface area contributed by atoms with Crippen LogP contribution in [-0.2, 0) is 35.3 Å². The lowest BCUT2D eigenvalue weighted by Gasteiger charge is -2.17. The molecule has 0 aliphatic carbocycles. The number of carbonyl (C=O) groups excluding carboxylic acids is 4. The summed E-state index contributed by atoms with van der Waals surface area (Å²) in [5.74, 6) is -1.72. The molecule has 0 fully saturated rings. The third kappa shape index (κ3) is 6.55. The van der Waals surface area contributed by atoms with Crippen LogP contribution in [0.15, 0.2) is 12.1 Å². The second-order valence-electron chi connectivity index (χ2n) is 5.06. The third-order valence-electron chi connectivity index (χ3n) is 2.73. The van der Waals surface area contributed by atoms with Crippen molar-refractivity contribution in [3.8, 4) is 5.75 Å². The van der Waals surface area contributed by atoms with E-state index in [4.69, 9.17) is 14.2 Å². The van der Waals surface area contributed by atoms with Crippen LogP contribution in [-0.4, -0.2) is 28.7 Å². The molecule has 0 N–H and O–H groups in total. The Hall–Kier alpha value is -2.77. The van der Waals surface area contributed by atoms with Crippen LogP contribution in [0.2, 0.25) is 0 Å². The molecule has 1 heterocycles. The number of ketones is 1. The lowest BCUT2D eigenvalue weighted by Crippen LogP contribution is -2.15. The van der Waals surface area contributed by atoms with E-state index >= 15 is 0 Å². The molecule has 8 nitrogen and oxygen atoms in total. The van der Waals surface area contributed by atoms with Gasteiger partial charge in [-0.15, -0.1) is 0 Å². The van der Waals surface area contributed by atoms with Crippen molar-refractivity contribution in [2.45, 2.75) is 46.8 Å². The number of nitrogens with zero attached hydrogens (tertiary/aromatic N) is 1. The first kappa shape index (κ1) is 19.3. The summed E-state index contributed by atoms with van der Waals surface area (Å²) < 4.78 is 15.0. The zero-order valence-electron chi connectivity index (χ0n) is 14.0. The predicted octanol–water partition coefficient (Wildman–Crippen LogP) is 1.65. The Labute approximate surface area is 139 Å². The molecule has 1 rings (SSSR count). The maximum atomic E-state index is 11.4. The Morgan fingerprint density at radius 2 is 1.67 bits per heavy atom. The van der Waals surface area contributed by atoms with Crippen LogP contribution in [0.1, 0.15) is 51.6 Å². The van der Waals surface area contributed by atoms with Crippen LogP contribution in [0.3, 0.4) is 0 Å². The largest absolute Gasteiger partial charge is 0.459 e. The van der Waals surface area contributed by atoms with E-state index in [1.807, 2.05) is 0 Å². The number of hydrogen-bond donors (Lipinski definition) is 0. The summed E-state index contributed by atoms with van der Waals surface area (Å²) >= 11 is 0. The average Bonchev–Trinajstić information content (AvgIpc) is 2.43. The number of hydrogen-bond acceptors (Lipinski definition) is 8. The minimum atomic E-state index is -0.873. The van der Waals surface area contributed by atoms with E-state index in [-0.39, 0.29) is 30.3 Å². The van der Waals surface area contributed by atoms with Crippen LogP contribution >= 0.6 is 0 Å². The monoisotopic (exact) mass is 337 g/mol. The maximum absolute atomic E-state index is 11.4. The van der Waals surface area contributed by atoms with Gasteiger partial charge < -0.3 is 14.2 Å². The molecule has 0 aliphatic heterocycles. The quantitative estimate of drug-likeness (QED) is 0.691. The van der Waals surface area contributed by atoms with E-state index in [1.165, 1.54) is 39.8 Å². The smallest absolute Gasteiger partial charge is 0.308 e. The van der Waals surface area contributed by atoms with Crippen LogP contribution in [0, 0.1) is 0 Å². The van der Waals surface area contributed by atoms with Gasteiger partial charge in [-0.2, -0.15) is 0 Å².